The Morgan fingerprint density at radius 2 is 2.00 bits per heavy atom. The van der Waals surface area contributed by atoms with Gasteiger partial charge in [-0.25, -0.2) is 4.98 Å². The molecule has 0 saturated carbocycles. The lowest BCUT2D eigenvalue weighted by Crippen LogP contribution is -2.31. The van der Waals surface area contributed by atoms with E-state index in [9.17, 15) is 0 Å². The Morgan fingerprint density at radius 3 is 2.79 bits per heavy atom. The molecule has 2 heterocycles. The molecule has 1 atom stereocenters. The SMILES string of the molecule is Cc1nc(N2CC(C)Cc3ccccc32)ccc1Br. The lowest BCUT2D eigenvalue weighted by molar-refractivity contribution is 0.560. The van der Waals surface area contributed by atoms with Gasteiger partial charge in [-0.1, -0.05) is 25.1 Å². The number of benzene rings is 1. The maximum Gasteiger partial charge on any atom is 0.133 e. The van der Waals surface area contributed by atoms with Crippen LogP contribution < -0.4 is 4.90 Å². The van der Waals surface area contributed by atoms with Crippen molar-refractivity contribution in [1.29, 1.82) is 0 Å². The standard InChI is InChI=1S/C16H17BrN2/c1-11-9-13-5-3-4-6-15(13)19(10-11)16-8-7-14(17)12(2)18-16/h3-8,11H,9-10H2,1-2H3. The van der Waals surface area contributed by atoms with Crippen LogP contribution in [0.5, 0.6) is 0 Å². The first kappa shape index (κ1) is 12.7. The minimum atomic E-state index is 0.653. The Morgan fingerprint density at radius 1 is 1.21 bits per heavy atom. The number of hydrogen-bond donors (Lipinski definition) is 0. The minimum Gasteiger partial charge on any atom is -0.326 e. The van der Waals surface area contributed by atoms with Gasteiger partial charge in [-0.15, -0.1) is 0 Å². The molecule has 0 spiro atoms. The van der Waals surface area contributed by atoms with E-state index in [4.69, 9.17) is 4.98 Å². The maximum atomic E-state index is 4.71. The monoisotopic (exact) mass is 316 g/mol. The highest BCUT2D eigenvalue weighted by molar-refractivity contribution is 9.10. The van der Waals surface area contributed by atoms with Gasteiger partial charge >= 0.3 is 0 Å². The van der Waals surface area contributed by atoms with Crippen LogP contribution in [0.15, 0.2) is 40.9 Å². The van der Waals surface area contributed by atoms with Gasteiger partial charge in [0.25, 0.3) is 0 Å². The average Bonchev–Trinajstić information content (AvgIpc) is 2.41. The number of halogens is 1. The van der Waals surface area contributed by atoms with Crippen LogP contribution in [0.3, 0.4) is 0 Å². The second kappa shape index (κ2) is 4.97. The molecule has 2 aromatic rings. The molecule has 1 aliphatic rings. The zero-order valence-electron chi connectivity index (χ0n) is 11.2. The molecule has 1 aliphatic heterocycles. The van der Waals surface area contributed by atoms with Gasteiger partial charge in [-0.2, -0.15) is 0 Å². The molecule has 0 radical (unpaired) electrons. The Labute approximate surface area is 122 Å². The van der Waals surface area contributed by atoms with Crippen molar-refractivity contribution in [2.24, 2.45) is 5.92 Å². The average molecular weight is 317 g/mol. The first-order valence-corrected chi connectivity index (χ1v) is 7.43. The zero-order valence-corrected chi connectivity index (χ0v) is 12.8. The van der Waals surface area contributed by atoms with Crippen LogP contribution in [0.4, 0.5) is 11.5 Å². The van der Waals surface area contributed by atoms with E-state index in [1.165, 1.54) is 11.3 Å². The topological polar surface area (TPSA) is 16.1 Å². The fourth-order valence-electron chi connectivity index (χ4n) is 2.69. The molecule has 98 valence electrons. The summed E-state index contributed by atoms with van der Waals surface area (Å²) in [5, 5.41) is 0. The Hall–Kier alpha value is -1.35. The molecule has 3 heteroatoms. The molecule has 1 unspecified atom stereocenters. The Bertz CT molecular complexity index is 609. The maximum absolute atomic E-state index is 4.71. The van der Waals surface area contributed by atoms with Gasteiger partial charge in [0.15, 0.2) is 0 Å². The molecule has 1 aromatic carbocycles. The fraction of sp³-hybridized carbons (Fsp3) is 0.312. The normalized spacial score (nSPS) is 18.3. The number of pyridine rings is 1. The molecule has 0 fully saturated rings. The summed E-state index contributed by atoms with van der Waals surface area (Å²) in [4.78, 5) is 7.05. The smallest absolute Gasteiger partial charge is 0.133 e. The molecule has 2 nitrogen and oxygen atoms in total. The third-order valence-corrected chi connectivity index (χ3v) is 4.47. The van der Waals surface area contributed by atoms with E-state index in [1.54, 1.807) is 0 Å². The number of hydrogen-bond acceptors (Lipinski definition) is 2. The molecule has 1 aromatic heterocycles. The van der Waals surface area contributed by atoms with Gasteiger partial charge in [0.1, 0.15) is 5.82 Å². The van der Waals surface area contributed by atoms with Crippen LogP contribution in [-0.2, 0) is 6.42 Å². The molecule has 19 heavy (non-hydrogen) atoms. The van der Waals surface area contributed by atoms with Crippen LogP contribution in [0, 0.1) is 12.8 Å². The van der Waals surface area contributed by atoms with Crippen molar-refractivity contribution in [1.82, 2.24) is 4.98 Å². The number of fused-ring (bicyclic) bond motifs is 1. The molecule has 0 saturated heterocycles. The summed E-state index contributed by atoms with van der Waals surface area (Å²) < 4.78 is 1.06. The summed E-state index contributed by atoms with van der Waals surface area (Å²) in [5.41, 5.74) is 3.76. The Kier molecular flexibility index (Phi) is 3.31. The summed E-state index contributed by atoms with van der Waals surface area (Å²) in [6, 6.07) is 12.8. The summed E-state index contributed by atoms with van der Waals surface area (Å²) in [7, 11) is 0. The van der Waals surface area contributed by atoms with E-state index in [0.29, 0.717) is 5.92 Å². The predicted octanol–water partition coefficient (Wildman–Crippen LogP) is 4.48. The van der Waals surface area contributed by atoms with E-state index in [-0.39, 0.29) is 0 Å². The summed E-state index contributed by atoms with van der Waals surface area (Å²) in [6.45, 7) is 5.37. The molecular weight excluding hydrogens is 300 g/mol. The van der Waals surface area contributed by atoms with Crippen molar-refractivity contribution in [3.05, 3.63) is 52.1 Å². The summed E-state index contributed by atoms with van der Waals surface area (Å²) in [6.07, 6.45) is 1.15. The largest absolute Gasteiger partial charge is 0.326 e. The van der Waals surface area contributed by atoms with E-state index in [0.717, 1.165) is 29.0 Å². The van der Waals surface area contributed by atoms with Crippen molar-refractivity contribution in [2.45, 2.75) is 20.3 Å². The highest BCUT2D eigenvalue weighted by Gasteiger charge is 2.23. The number of anilines is 2. The van der Waals surface area contributed by atoms with E-state index < -0.39 is 0 Å². The third kappa shape index (κ3) is 2.39. The van der Waals surface area contributed by atoms with Gasteiger partial charge < -0.3 is 4.90 Å². The predicted molar refractivity (Wildman–Crippen MR) is 83.0 cm³/mol. The number of aryl methyl sites for hydroxylation is 1. The fourth-order valence-corrected chi connectivity index (χ4v) is 2.92. The van der Waals surface area contributed by atoms with Crippen molar-refractivity contribution < 1.29 is 0 Å². The van der Waals surface area contributed by atoms with Gasteiger partial charge in [-0.05, 0) is 59.0 Å². The lowest BCUT2D eigenvalue weighted by atomic mass is 9.94. The van der Waals surface area contributed by atoms with Crippen LogP contribution in [0.2, 0.25) is 0 Å². The summed E-state index contributed by atoms with van der Waals surface area (Å²) >= 11 is 3.52. The first-order valence-electron chi connectivity index (χ1n) is 6.64. The van der Waals surface area contributed by atoms with Crippen molar-refractivity contribution in [3.8, 4) is 0 Å². The van der Waals surface area contributed by atoms with Gasteiger partial charge in [-0.3, -0.25) is 0 Å². The quantitative estimate of drug-likeness (QED) is 0.771. The molecular formula is C16H17BrN2. The van der Waals surface area contributed by atoms with E-state index in [2.05, 4.69) is 64.2 Å². The van der Waals surface area contributed by atoms with Crippen molar-refractivity contribution in [2.75, 3.05) is 11.4 Å². The summed E-state index contributed by atoms with van der Waals surface area (Å²) in [5.74, 6) is 1.69. The number of aromatic nitrogens is 1. The van der Waals surface area contributed by atoms with Gasteiger partial charge in [0.05, 0.1) is 5.69 Å². The second-order valence-electron chi connectivity index (χ2n) is 5.29. The zero-order chi connectivity index (χ0) is 13.4. The van der Waals surface area contributed by atoms with Crippen molar-refractivity contribution >= 4 is 27.4 Å². The number of nitrogens with zero attached hydrogens (tertiary/aromatic N) is 2. The Balaban J connectivity index is 2.07. The van der Waals surface area contributed by atoms with Gasteiger partial charge in [0, 0.05) is 16.7 Å². The highest BCUT2D eigenvalue weighted by atomic mass is 79.9. The number of rotatable bonds is 1. The number of para-hydroxylation sites is 1. The van der Waals surface area contributed by atoms with Crippen molar-refractivity contribution in [3.63, 3.8) is 0 Å². The molecule has 0 bridgehead atoms. The molecule has 0 aliphatic carbocycles. The van der Waals surface area contributed by atoms with Crippen LogP contribution in [-0.4, -0.2) is 11.5 Å². The van der Waals surface area contributed by atoms with Crippen LogP contribution in [0.25, 0.3) is 0 Å². The molecule has 0 N–H and O–H groups in total. The lowest BCUT2D eigenvalue weighted by Gasteiger charge is -2.34. The van der Waals surface area contributed by atoms with E-state index in [1.807, 2.05) is 6.92 Å². The van der Waals surface area contributed by atoms with E-state index >= 15 is 0 Å². The molecule has 0 amide bonds. The van der Waals surface area contributed by atoms with Gasteiger partial charge in [0.2, 0.25) is 0 Å². The third-order valence-electron chi connectivity index (χ3n) is 3.63. The highest BCUT2D eigenvalue weighted by Crippen LogP contribution is 2.34. The van der Waals surface area contributed by atoms with Crippen LogP contribution >= 0.6 is 15.9 Å². The molecule has 3 rings (SSSR count). The minimum absolute atomic E-state index is 0.653. The first-order chi connectivity index (χ1) is 9.15. The van der Waals surface area contributed by atoms with Crippen LogP contribution in [0.1, 0.15) is 18.2 Å². The second-order valence-corrected chi connectivity index (χ2v) is 6.14.